The fourth-order valence-corrected chi connectivity index (χ4v) is 2.14. The van der Waals surface area contributed by atoms with Gasteiger partial charge in [0.2, 0.25) is 5.91 Å². The van der Waals surface area contributed by atoms with Gasteiger partial charge >= 0.3 is 0 Å². The first-order chi connectivity index (χ1) is 7.25. The zero-order valence-electron chi connectivity index (χ0n) is 9.37. The van der Waals surface area contributed by atoms with E-state index in [1.54, 1.807) is 6.08 Å². The molecule has 0 heterocycles. The van der Waals surface area contributed by atoms with Crippen LogP contribution < -0.4 is 11.1 Å². The van der Waals surface area contributed by atoms with Crippen LogP contribution in [0.2, 0.25) is 0 Å². The maximum absolute atomic E-state index is 11.8. The Hall–Kier alpha value is -0.830. The first kappa shape index (κ1) is 12.2. The Morgan fingerprint density at radius 1 is 1.33 bits per heavy atom. The number of amides is 1. The summed E-state index contributed by atoms with van der Waals surface area (Å²) in [5.74, 6) is 0.106. The number of rotatable bonds is 3. The monoisotopic (exact) mass is 210 g/mol. The summed E-state index contributed by atoms with van der Waals surface area (Å²) in [4.78, 5) is 11.8. The van der Waals surface area contributed by atoms with E-state index < -0.39 is 0 Å². The second-order valence-corrected chi connectivity index (χ2v) is 4.30. The van der Waals surface area contributed by atoms with Crippen LogP contribution in [0.3, 0.4) is 0 Å². The zero-order chi connectivity index (χ0) is 11.1. The molecule has 0 radical (unpaired) electrons. The van der Waals surface area contributed by atoms with Crippen LogP contribution in [0.1, 0.15) is 38.5 Å². The Morgan fingerprint density at radius 3 is 2.67 bits per heavy atom. The molecule has 15 heavy (non-hydrogen) atoms. The second-order valence-electron chi connectivity index (χ2n) is 4.30. The van der Waals surface area contributed by atoms with E-state index in [0.717, 1.165) is 25.7 Å². The van der Waals surface area contributed by atoms with Crippen LogP contribution in [-0.2, 0) is 4.79 Å². The van der Waals surface area contributed by atoms with Crippen molar-refractivity contribution in [3.8, 4) is 0 Å². The van der Waals surface area contributed by atoms with E-state index in [0.29, 0.717) is 6.54 Å². The van der Waals surface area contributed by atoms with Crippen molar-refractivity contribution in [2.75, 3.05) is 6.54 Å². The Morgan fingerprint density at radius 2 is 2.00 bits per heavy atom. The van der Waals surface area contributed by atoms with E-state index in [9.17, 15) is 4.79 Å². The molecule has 0 bridgehead atoms. The molecule has 3 N–H and O–H groups in total. The molecule has 1 fully saturated rings. The molecule has 1 amide bonds. The lowest BCUT2D eigenvalue weighted by Crippen LogP contribution is -2.42. The molecule has 2 unspecified atom stereocenters. The van der Waals surface area contributed by atoms with E-state index in [4.69, 9.17) is 5.73 Å². The van der Waals surface area contributed by atoms with Crippen molar-refractivity contribution in [1.82, 2.24) is 5.32 Å². The number of nitrogens with two attached hydrogens (primary N) is 1. The normalized spacial score (nSPS) is 27.5. The van der Waals surface area contributed by atoms with Gasteiger partial charge in [0.15, 0.2) is 0 Å². The van der Waals surface area contributed by atoms with Crippen LogP contribution >= 0.6 is 0 Å². The van der Waals surface area contributed by atoms with Crippen molar-refractivity contribution in [3.63, 3.8) is 0 Å². The van der Waals surface area contributed by atoms with Gasteiger partial charge in [0.1, 0.15) is 0 Å². The van der Waals surface area contributed by atoms with Crippen molar-refractivity contribution in [2.45, 2.75) is 44.6 Å². The molecule has 3 heteroatoms. The Bertz CT molecular complexity index is 216. The van der Waals surface area contributed by atoms with Gasteiger partial charge in [-0.2, -0.15) is 0 Å². The average molecular weight is 210 g/mol. The van der Waals surface area contributed by atoms with Gasteiger partial charge in [-0.3, -0.25) is 4.79 Å². The van der Waals surface area contributed by atoms with E-state index in [2.05, 4.69) is 11.9 Å². The molecule has 0 aliphatic heterocycles. The van der Waals surface area contributed by atoms with Crippen LogP contribution in [0.15, 0.2) is 12.7 Å². The highest BCUT2D eigenvalue weighted by molar-refractivity contribution is 5.79. The van der Waals surface area contributed by atoms with E-state index in [1.165, 1.54) is 12.8 Å². The molecule has 1 rings (SSSR count). The van der Waals surface area contributed by atoms with Gasteiger partial charge in [0.05, 0.1) is 5.92 Å². The summed E-state index contributed by atoms with van der Waals surface area (Å²) in [6, 6.07) is 0.0371. The Balaban J connectivity index is 2.46. The molecule has 0 saturated heterocycles. The summed E-state index contributed by atoms with van der Waals surface area (Å²) in [5, 5.41) is 2.84. The topological polar surface area (TPSA) is 55.1 Å². The molecule has 2 atom stereocenters. The van der Waals surface area contributed by atoms with Crippen molar-refractivity contribution in [2.24, 2.45) is 11.7 Å². The summed E-state index contributed by atoms with van der Waals surface area (Å²) < 4.78 is 0. The quantitative estimate of drug-likeness (QED) is 0.695. The van der Waals surface area contributed by atoms with Crippen LogP contribution in [-0.4, -0.2) is 18.5 Å². The third-order valence-corrected chi connectivity index (χ3v) is 3.08. The fourth-order valence-electron chi connectivity index (χ4n) is 2.14. The van der Waals surface area contributed by atoms with Gasteiger partial charge in [-0.15, -0.1) is 6.58 Å². The number of hydrogen-bond acceptors (Lipinski definition) is 2. The molecular formula is C12H22N2O. The van der Waals surface area contributed by atoms with Crippen LogP contribution in [0.25, 0.3) is 0 Å². The summed E-state index contributed by atoms with van der Waals surface area (Å²) >= 11 is 0. The standard InChI is InChI=1S/C12H22N2O/c1-2-9-14-12(15)10-7-5-3-4-6-8-11(10)13/h2,10-11H,1,3-9,13H2,(H,14,15). The van der Waals surface area contributed by atoms with E-state index in [-0.39, 0.29) is 17.9 Å². The smallest absolute Gasteiger partial charge is 0.224 e. The third kappa shape index (κ3) is 4.04. The van der Waals surface area contributed by atoms with Gasteiger partial charge in [0, 0.05) is 12.6 Å². The number of nitrogens with one attached hydrogen (secondary N) is 1. The number of carbonyl (C=O) groups excluding carboxylic acids is 1. The molecule has 0 spiro atoms. The molecular weight excluding hydrogens is 188 g/mol. The zero-order valence-corrected chi connectivity index (χ0v) is 9.37. The van der Waals surface area contributed by atoms with Gasteiger partial charge in [-0.1, -0.05) is 31.8 Å². The summed E-state index contributed by atoms with van der Waals surface area (Å²) in [5.41, 5.74) is 6.03. The first-order valence-corrected chi connectivity index (χ1v) is 5.90. The maximum atomic E-state index is 11.8. The fraction of sp³-hybridized carbons (Fsp3) is 0.750. The van der Waals surface area contributed by atoms with E-state index in [1.807, 2.05) is 0 Å². The second kappa shape index (κ2) is 6.62. The lowest BCUT2D eigenvalue weighted by molar-refractivity contribution is -0.125. The van der Waals surface area contributed by atoms with Crippen molar-refractivity contribution in [3.05, 3.63) is 12.7 Å². The van der Waals surface area contributed by atoms with Crippen LogP contribution in [0.4, 0.5) is 0 Å². The summed E-state index contributed by atoms with van der Waals surface area (Å²) in [6.45, 7) is 4.13. The number of carbonyl (C=O) groups is 1. The maximum Gasteiger partial charge on any atom is 0.224 e. The number of hydrogen-bond donors (Lipinski definition) is 2. The molecule has 1 aliphatic rings. The predicted octanol–water partition coefficient (Wildman–Crippen LogP) is 1.59. The Kier molecular flexibility index (Phi) is 5.40. The summed E-state index contributed by atoms with van der Waals surface area (Å²) in [7, 11) is 0. The molecule has 1 saturated carbocycles. The minimum atomic E-state index is 0.00486. The Labute approximate surface area is 92.1 Å². The minimum absolute atomic E-state index is 0.00486. The highest BCUT2D eigenvalue weighted by atomic mass is 16.1. The van der Waals surface area contributed by atoms with Crippen LogP contribution in [0.5, 0.6) is 0 Å². The SMILES string of the molecule is C=CCNC(=O)C1CCCCCCC1N. The summed E-state index contributed by atoms with van der Waals surface area (Å²) in [6.07, 6.45) is 8.39. The minimum Gasteiger partial charge on any atom is -0.352 e. The highest BCUT2D eigenvalue weighted by Crippen LogP contribution is 2.21. The highest BCUT2D eigenvalue weighted by Gasteiger charge is 2.25. The molecule has 3 nitrogen and oxygen atoms in total. The van der Waals surface area contributed by atoms with Crippen molar-refractivity contribution >= 4 is 5.91 Å². The van der Waals surface area contributed by atoms with Gasteiger partial charge in [-0.05, 0) is 12.8 Å². The molecule has 86 valence electrons. The van der Waals surface area contributed by atoms with E-state index >= 15 is 0 Å². The molecule has 0 aromatic heterocycles. The average Bonchev–Trinajstić information content (AvgIpc) is 2.20. The third-order valence-electron chi connectivity index (χ3n) is 3.08. The van der Waals surface area contributed by atoms with Gasteiger partial charge in [0.25, 0.3) is 0 Å². The van der Waals surface area contributed by atoms with Crippen molar-refractivity contribution < 1.29 is 4.79 Å². The first-order valence-electron chi connectivity index (χ1n) is 5.90. The molecule has 0 aromatic carbocycles. The van der Waals surface area contributed by atoms with Gasteiger partial charge in [-0.25, -0.2) is 0 Å². The van der Waals surface area contributed by atoms with Gasteiger partial charge < -0.3 is 11.1 Å². The van der Waals surface area contributed by atoms with Crippen LogP contribution in [0, 0.1) is 5.92 Å². The lowest BCUT2D eigenvalue weighted by atomic mass is 9.87. The lowest BCUT2D eigenvalue weighted by Gasteiger charge is -2.25. The predicted molar refractivity (Wildman–Crippen MR) is 62.4 cm³/mol. The molecule has 1 aliphatic carbocycles. The molecule has 0 aromatic rings. The van der Waals surface area contributed by atoms with Crippen molar-refractivity contribution in [1.29, 1.82) is 0 Å². The largest absolute Gasteiger partial charge is 0.352 e.